The van der Waals surface area contributed by atoms with Gasteiger partial charge in [-0.2, -0.15) is 0 Å². The van der Waals surface area contributed by atoms with Gasteiger partial charge in [0, 0.05) is 30.4 Å². The van der Waals surface area contributed by atoms with E-state index in [2.05, 4.69) is 20.2 Å². The fraction of sp³-hybridized carbons (Fsp3) is 0.389. The van der Waals surface area contributed by atoms with Crippen LogP contribution in [0.5, 0.6) is 5.75 Å². The van der Waals surface area contributed by atoms with Crippen LogP contribution in [0.2, 0.25) is 0 Å². The minimum absolute atomic E-state index is 0.183. The fourth-order valence-corrected chi connectivity index (χ4v) is 2.67. The van der Waals surface area contributed by atoms with E-state index in [1.54, 1.807) is 31.4 Å². The Hall–Kier alpha value is -2.67. The normalized spacial score (nSPS) is 14.2. The Morgan fingerprint density at radius 1 is 1.28 bits per heavy atom. The number of benzene rings is 1. The molecule has 1 N–H and O–H groups in total. The van der Waals surface area contributed by atoms with Gasteiger partial charge in [-0.3, -0.25) is 4.79 Å². The third-order valence-corrected chi connectivity index (χ3v) is 3.96. The molecule has 1 fully saturated rings. The van der Waals surface area contributed by atoms with Crippen LogP contribution in [-0.4, -0.2) is 49.3 Å². The molecule has 0 bridgehead atoms. The molecule has 1 saturated heterocycles. The van der Waals surface area contributed by atoms with Gasteiger partial charge in [-0.25, -0.2) is 9.97 Å². The molecule has 7 nitrogen and oxygen atoms in total. The lowest BCUT2D eigenvalue weighted by atomic mass is 10.2. The molecule has 1 amide bonds. The van der Waals surface area contributed by atoms with E-state index in [0.29, 0.717) is 30.4 Å². The van der Waals surface area contributed by atoms with Crippen LogP contribution in [0, 0.1) is 6.92 Å². The predicted molar refractivity (Wildman–Crippen MR) is 94.0 cm³/mol. The van der Waals surface area contributed by atoms with Gasteiger partial charge in [-0.1, -0.05) is 6.07 Å². The molecule has 3 rings (SSSR count). The summed E-state index contributed by atoms with van der Waals surface area (Å²) < 4.78 is 10.5. The van der Waals surface area contributed by atoms with E-state index < -0.39 is 0 Å². The van der Waals surface area contributed by atoms with Crippen LogP contribution in [-0.2, 0) is 11.3 Å². The molecule has 0 unspecified atom stereocenters. The molecule has 1 aliphatic rings. The number of ether oxygens (including phenoxy) is 2. The third-order valence-electron chi connectivity index (χ3n) is 3.96. The van der Waals surface area contributed by atoms with Gasteiger partial charge in [0.2, 0.25) is 0 Å². The second kappa shape index (κ2) is 7.94. The Kier molecular flexibility index (Phi) is 5.45. The van der Waals surface area contributed by atoms with Crippen molar-refractivity contribution in [2.45, 2.75) is 13.5 Å². The summed E-state index contributed by atoms with van der Waals surface area (Å²) in [5, 5.41) is 2.86. The van der Waals surface area contributed by atoms with Crippen molar-refractivity contribution in [1.82, 2.24) is 15.3 Å². The molecule has 0 aliphatic carbocycles. The molecule has 7 heteroatoms. The van der Waals surface area contributed by atoms with E-state index in [0.717, 1.165) is 24.6 Å². The Morgan fingerprint density at radius 2 is 2.08 bits per heavy atom. The van der Waals surface area contributed by atoms with Crippen molar-refractivity contribution < 1.29 is 14.3 Å². The zero-order chi connectivity index (χ0) is 17.6. The number of anilines is 1. The first-order chi connectivity index (χ1) is 12.2. The van der Waals surface area contributed by atoms with Crippen LogP contribution in [0.1, 0.15) is 21.9 Å². The highest BCUT2D eigenvalue weighted by Crippen LogP contribution is 2.15. The monoisotopic (exact) mass is 342 g/mol. The SMILES string of the molecule is COc1cccc(C(=O)NCc2nc(C)cc(N3CCOCC3)n2)c1. The maximum atomic E-state index is 12.3. The quantitative estimate of drug-likeness (QED) is 0.889. The van der Waals surface area contributed by atoms with Crippen LogP contribution in [0.15, 0.2) is 30.3 Å². The Balaban J connectivity index is 1.67. The van der Waals surface area contributed by atoms with Gasteiger partial charge in [-0.05, 0) is 25.1 Å². The largest absolute Gasteiger partial charge is 0.497 e. The molecule has 2 aromatic rings. The van der Waals surface area contributed by atoms with Crippen LogP contribution in [0.4, 0.5) is 5.82 Å². The van der Waals surface area contributed by atoms with Gasteiger partial charge in [0.15, 0.2) is 0 Å². The van der Waals surface area contributed by atoms with Crippen LogP contribution >= 0.6 is 0 Å². The number of methoxy groups -OCH3 is 1. The zero-order valence-corrected chi connectivity index (χ0v) is 14.5. The summed E-state index contributed by atoms with van der Waals surface area (Å²) in [7, 11) is 1.57. The first kappa shape index (κ1) is 17.2. The van der Waals surface area contributed by atoms with Crippen molar-refractivity contribution in [3.05, 3.63) is 47.4 Å². The van der Waals surface area contributed by atoms with Crippen LogP contribution in [0.3, 0.4) is 0 Å². The van der Waals surface area contributed by atoms with Crippen LogP contribution in [0.25, 0.3) is 0 Å². The fourth-order valence-electron chi connectivity index (χ4n) is 2.67. The first-order valence-electron chi connectivity index (χ1n) is 8.25. The molecule has 25 heavy (non-hydrogen) atoms. The molecule has 1 aromatic carbocycles. The van der Waals surface area contributed by atoms with E-state index in [1.807, 2.05) is 13.0 Å². The summed E-state index contributed by atoms with van der Waals surface area (Å²) in [6.45, 7) is 5.22. The Bertz CT molecular complexity index is 745. The molecule has 0 radical (unpaired) electrons. The second-order valence-corrected chi connectivity index (χ2v) is 5.80. The van der Waals surface area contributed by atoms with Crippen molar-refractivity contribution in [3.63, 3.8) is 0 Å². The van der Waals surface area contributed by atoms with Crippen molar-refractivity contribution in [2.24, 2.45) is 0 Å². The van der Waals surface area contributed by atoms with Gasteiger partial charge in [0.1, 0.15) is 17.4 Å². The van der Waals surface area contributed by atoms with E-state index >= 15 is 0 Å². The highest BCUT2D eigenvalue weighted by atomic mass is 16.5. The van der Waals surface area contributed by atoms with Gasteiger partial charge >= 0.3 is 0 Å². The lowest BCUT2D eigenvalue weighted by Gasteiger charge is -2.28. The van der Waals surface area contributed by atoms with E-state index in [4.69, 9.17) is 9.47 Å². The van der Waals surface area contributed by atoms with E-state index in [-0.39, 0.29) is 12.5 Å². The second-order valence-electron chi connectivity index (χ2n) is 5.80. The van der Waals surface area contributed by atoms with E-state index in [1.165, 1.54) is 0 Å². The number of rotatable bonds is 5. The summed E-state index contributed by atoms with van der Waals surface area (Å²) in [6.07, 6.45) is 0. The minimum Gasteiger partial charge on any atom is -0.497 e. The smallest absolute Gasteiger partial charge is 0.251 e. The van der Waals surface area contributed by atoms with Gasteiger partial charge in [0.05, 0.1) is 26.9 Å². The standard InChI is InChI=1S/C18H22N4O3/c1-13-10-17(22-6-8-25-9-7-22)21-16(20-13)12-19-18(23)14-4-3-5-15(11-14)24-2/h3-5,10-11H,6-9,12H2,1-2H3,(H,19,23). The van der Waals surface area contributed by atoms with E-state index in [9.17, 15) is 4.79 Å². The van der Waals surface area contributed by atoms with Crippen molar-refractivity contribution >= 4 is 11.7 Å². The molecule has 0 spiro atoms. The highest BCUT2D eigenvalue weighted by Gasteiger charge is 2.14. The lowest BCUT2D eigenvalue weighted by molar-refractivity contribution is 0.0949. The molecule has 2 heterocycles. The summed E-state index contributed by atoms with van der Waals surface area (Å²) in [6, 6.07) is 8.99. The number of carbonyl (C=O) groups excluding carboxylic acids is 1. The minimum atomic E-state index is -0.183. The number of aromatic nitrogens is 2. The number of nitrogens with one attached hydrogen (secondary N) is 1. The maximum absolute atomic E-state index is 12.3. The summed E-state index contributed by atoms with van der Waals surface area (Å²) in [5.41, 5.74) is 1.42. The maximum Gasteiger partial charge on any atom is 0.251 e. The number of hydrogen-bond donors (Lipinski definition) is 1. The zero-order valence-electron chi connectivity index (χ0n) is 14.5. The van der Waals surface area contributed by atoms with Crippen molar-refractivity contribution in [2.75, 3.05) is 38.3 Å². The average Bonchev–Trinajstić information content (AvgIpc) is 2.66. The molecule has 1 aliphatic heterocycles. The first-order valence-corrected chi connectivity index (χ1v) is 8.25. The Morgan fingerprint density at radius 3 is 2.84 bits per heavy atom. The molecule has 0 saturated carbocycles. The molecular weight excluding hydrogens is 320 g/mol. The molecule has 132 valence electrons. The third kappa shape index (κ3) is 4.45. The van der Waals surface area contributed by atoms with Gasteiger partial charge in [0.25, 0.3) is 5.91 Å². The number of nitrogens with zero attached hydrogens (tertiary/aromatic N) is 3. The Labute approximate surface area is 147 Å². The molecular formula is C18H22N4O3. The average molecular weight is 342 g/mol. The van der Waals surface area contributed by atoms with Gasteiger partial charge in [-0.15, -0.1) is 0 Å². The number of aryl methyl sites for hydroxylation is 1. The summed E-state index contributed by atoms with van der Waals surface area (Å²) in [4.78, 5) is 23.5. The summed E-state index contributed by atoms with van der Waals surface area (Å²) >= 11 is 0. The molecule has 1 aromatic heterocycles. The number of carbonyl (C=O) groups is 1. The summed E-state index contributed by atoms with van der Waals surface area (Å²) in [5.74, 6) is 1.94. The van der Waals surface area contributed by atoms with Gasteiger partial charge < -0.3 is 19.7 Å². The lowest BCUT2D eigenvalue weighted by Crippen LogP contribution is -2.37. The predicted octanol–water partition coefficient (Wildman–Crippen LogP) is 1.56. The number of amides is 1. The van der Waals surface area contributed by atoms with Crippen molar-refractivity contribution in [3.8, 4) is 5.75 Å². The van der Waals surface area contributed by atoms with Crippen molar-refractivity contribution in [1.29, 1.82) is 0 Å². The number of morpholine rings is 1. The number of hydrogen-bond acceptors (Lipinski definition) is 6. The highest BCUT2D eigenvalue weighted by molar-refractivity contribution is 5.94. The van der Waals surface area contributed by atoms with Crippen LogP contribution < -0.4 is 15.0 Å². The topological polar surface area (TPSA) is 76.6 Å². The molecule has 0 atom stereocenters.